The third-order valence-electron chi connectivity index (χ3n) is 4.62. The van der Waals surface area contributed by atoms with Gasteiger partial charge in [0.25, 0.3) is 5.56 Å². The first-order valence-electron chi connectivity index (χ1n) is 9.44. The Morgan fingerprint density at radius 2 is 1.72 bits per heavy atom. The molecule has 2 heterocycles. The zero-order valence-corrected chi connectivity index (χ0v) is 17.2. The lowest BCUT2D eigenvalue weighted by molar-refractivity contribution is -0.274. The molecule has 1 aromatic carbocycles. The van der Waals surface area contributed by atoms with E-state index in [2.05, 4.69) is 4.74 Å². The fourth-order valence-electron chi connectivity index (χ4n) is 3.24. The van der Waals surface area contributed by atoms with Gasteiger partial charge in [0, 0.05) is 34.9 Å². The highest BCUT2D eigenvalue weighted by Crippen LogP contribution is 2.26. The number of halogens is 3. The fourth-order valence-corrected chi connectivity index (χ4v) is 3.24. The van der Waals surface area contributed by atoms with Crippen LogP contribution in [0, 0.1) is 13.8 Å². The summed E-state index contributed by atoms with van der Waals surface area (Å²) in [5.41, 5.74) is 1.67. The van der Waals surface area contributed by atoms with Crippen molar-refractivity contribution < 1.29 is 32.2 Å². The van der Waals surface area contributed by atoms with Gasteiger partial charge in [-0.3, -0.25) is 14.4 Å². The third-order valence-corrected chi connectivity index (χ3v) is 4.62. The van der Waals surface area contributed by atoms with E-state index < -0.39 is 24.7 Å². The van der Waals surface area contributed by atoms with E-state index in [-0.39, 0.29) is 17.9 Å². The lowest BCUT2D eigenvalue weighted by atomic mass is 10.1. The van der Waals surface area contributed by atoms with Crippen LogP contribution in [-0.2, 0) is 16.1 Å². The maximum Gasteiger partial charge on any atom is 0.573 e. The molecule has 2 aromatic heterocycles. The Bertz CT molecular complexity index is 1190. The summed E-state index contributed by atoms with van der Waals surface area (Å²) in [6.45, 7) is 2.57. The number of carbonyl (C=O) groups excluding carboxylic acids is 2. The normalized spacial score (nSPS) is 11.3. The number of benzene rings is 1. The van der Waals surface area contributed by atoms with E-state index >= 15 is 0 Å². The SMILES string of the molecule is Cc1cc(C(=O)COC(=O)Cn2ccccc2=O)c(C)n1-c1ccc(OC(F)(F)F)cc1. The van der Waals surface area contributed by atoms with E-state index in [9.17, 15) is 27.6 Å². The number of alkyl halides is 3. The molecular weight excluding hydrogens is 429 g/mol. The van der Waals surface area contributed by atoms with Crippen molar-refractivity contribution in [3.63, 3.8) is 0 Å². The second kappa shape index (κ2) is 9.13. The number of aryl methyl sites for hydroxylation is 1. The molecule has 0 aliphatic carbocycles. The van der Waals surface area contributed by atoms with Gasteiger partial charge in [-0.15, -0.1) is 13.2 Å². The van der Waals surface area contributed by atoms with Gasteiger partial charge in [0.2, 0.25) is 5.78 Å². The standard InChI is InChI=1S/C22H19F3N2O5/c1-14-11-18(19(28)13-31-21(30)12-26-10-4-3-5-20(26)29)15(2)27(14)16-6-8-17(9-7-16)32-22(23,24)25/h3-11H,12-13H2,1-2H3. The van der Waals surface area contributed by atoms with Gasteiger partial charge in [0.1, 0.15) is 12.3 Å². The summed E-state index contributed by atoms with van der Waals surface area (Å²) in [5, 5.41) is 0. The molecule has 3 aromatic rings. The van der Waals surface area contributed by atoms with Crippen LogP contribution in [0.25, 0.3) is 5.69 Å². The summed E-state index contributed by atoms with van der Waals surface area (Å²) in [6, 6.07) is 11.3. The number of esters is 1. The Morgan fingerprint density at radius 1 is 1.03 bits per heavy atom. The molecule has 0 fully saturated rings. The molecule has 0 spiro atoms. The van der Waals surface area contributed by atoms with Crippen molar-refractivity contribution in [2.45, 2.75) is 26.8 Å². The lowest BCUT2D eigenvalue weighted by Gasteiger charge is -2.12. The van der Waals surface area contributed by atoms with Crippen molar-refractivity contribution in [3.05, 3.63) is 82.0 Å². The Labute approximate surface area is 180 Å². The van der Waals surface area contributed by atoms with E-state index in [1.165, 1.54) is 36.5 Å². The van der Waals surface area contributed by atoms with Gasteiger partial charge in [-0.25, -0.2) is 0 Å². The molecule has 0 bridgehead atoms. The maximum absolute atomic E-state index is 12.6. The quantitative estimate of drug-likeness (QED) is 0.408. The van der Waals surface area contributed by atoms with Gasteiger partial charge in [0.15, 0.2) is 6.61 Å². The van der Waals surface area contributed by atoms with Crippen LogP contribution in [0.3, 0.4) is 0 Å². The van der Waals surface area contributed by atoms with E-state index in [4.69, 9.17) is 4.74 Å². The highest BCUT2D eigenvalue weighted by Gasteiger charge is 2.31. The minimum absolute atomic E-state index is 0.308. The van der Waals surface area contributed by atoms with Crippen molar-refractivity contribution in [1.29, 1.82) is 0 Å². The average molecular weight is 448 g/mol. The summed E-state index contributed by atoms with van der Waals surface area (Å²) in [4.78, 5) is 36.2. The first-order chi connectivity index (χ1) is 15.0. The van der Waals surface area contributed by atoms with E-state index in [1.807, 2.05) is 0 Å². The van der Waals surface area contributed by atoms with Gasteiger partial charge in [-0.05, 0) is 50.2 Å². The Hall–Kier alpha value is -3.82. The minimum Gasteiger partial charge on any atom is -0.456 e. The topological polar surface area (TPSA) is 79.5 Å². The Morgan fingerprint density at radius 3 is 2.34 bits per heavy atom. The molecule has 7 nitrogen and oxygen atoms in total. The van der Waals surface area contributed by atoms with E-state index in [0.717, 1.165) is 4.57 Å². The number of hydrogen-bond acceptors (Lipinski definition) is 5. The lowest BCUT2D eigenvalue weighted by Crippen LogP contribution is -2.25. The van der Waals surface area contributed by atoms with Gasteiger partial charge >= 0.3 is 12.3 Å². The smallest absolute Gasteiger partial charge is 0.456 e. The van der Waals surface area contributed by atoms with E-state index in [1.54, 1.807) is 36.6 Å². The molecule has 32 heavy (non-hydrogen) atoms. The summed E-state index contributed by atoms with van der Waals surface area (Å²) in [5.74, 6) is -1.54. The molecule has 0 aliphatic rings. The zero-order chi connectivity index (χ0) is 23.5. The molecule has 0 saturated carbocycles. The molecular formula is C22H19F3N2O5. The van der Waals surface area contributed by atoms with Gasteiger partial charge < -0.3 is 18.6 Å². The molecule has 0 saturated heterocycles. The largest absolute Gasteiger partial charge is 0.573 e. The molecule has 0 amide bonds. The van der Waals surface area contributed by atoms with Gasteiger partial charge in [-0.1, -0.05) is 6.07 Å². The van der Waals surface area contributed by atoms with Crippen LogP contribution in [0.15, 0.2) is 59.5 Å². The molecule has 0 atom stereocenters. The first-order valence-corrected chi connectivity index (χ1v) is 9.44. The van der Waals surface area contributed by atoms with Crippen LogP contribution in [-0.4, -0.2) is 33.9 Å². The molecule has 0 aliphatic heterocycles. The molecule has 0 radical (unpaired) electrons. The maximum atomic E-state index is 12.6. The Balaban J connectivity index is 1.70. The number of ether oxygens (including phenoxy) is 2. The van der Waals surface area contributed by atoms with Crippen molar-refractivity contribution in [3.8, 4) is 11.4 Å². The van der Waals surface area contributed by atoms with Crippen molar-refractivity contribution >= 4 is 11.8 Å². The third kappa shape index (κ3) is 5.45. The van der Waals surface area contributed by atoms with E-state index in [0.29, 0.717) is 22.6 Å². The van der Waals surface area contributed by atoms with Gasteiger partial charge in [0.05, 0.1) is 0 Å². The predicted octanol–water partition coefficient (Wildman–Crippen LogP) is 3.58. The zero-order valence-electron chi connectivity index (χ0n) is 17.2. The summed E-state index contributed by atoms with van der Waals surface area (Å²) in [7, 11) is 0. The van der Waals surface area contributed by atoms with Crippen molar-refractivity contribution in [2.24, 2.45) is 0 Å². The second-order valence-electron chi connectivity index (χ2n) is 6.91. The number of Topliss-reactive ketones (excluding diaryl/α,β-unsaturated/α-hetero) is 1. The molecule has 0 N–H and O–H groups in total. The Kier molecular flexibility index (Phi) is 6.52. The van der Waals surface area contributed by atoms with Crippen LogP contribution in [0.2, 0.25) is 0 Å². The van der Waals surface area contributed by atoms with Crippen LogP contribution in [0.4, 0.5) is 13.2 Å². The first kappa shape index (κ1) is 22.9. The minimum atomic E-state index is -4.79. The van der Waals surface area contributed by atoms with Crippen LogP contribution >= 0.6 is 0 Å². The number of pyridine rings is 1. The number of nitrogens with zero attached hydrogens (tertiary/aromatic N) is 2. The van der Waals surface area contributed by atoms with Crippen molar-refractivity contribution in [1.82, 2.24) is 9.13 Å². The molecule has 10 heteroatoms. The van der Waals surface area contributed by atoms with Crippen LogP contribution in [0.5, 0.6) is 5.75 Å². The summed E-state index contributed by atoms with van der Waals surface area (Å²) >= 11 is 0. The highest BCUT2D eigenvalue weighted by atomic mass is 19.4. The van der Waals surface area contributed by atoms with Crippen LogP contribution in [0.1, 0.15) is 21.7 Å². The van der Waals surface area contributed by atoms with Crippen LogP contribution < -0.4 is 10.3 Å². The number of ketones is 1. The predicted molar refractivity (Wildman–Crippen MR) is 108 cm³/mol. The highest BCUT2D eigenvalue weighted by molar-refractivity contribution is 5.99. The second-order valence-corrected chi connectivity index (χ2v) is 6.91. The van der Waals surface area contributed by atoms with Gasteiger partial charge in [-0.2, -0.15) is 0 Å². The fraction of sp³-hybridized carbons (Fsp3) is 0.227. The molecule has 168 valence electrons. The summed E-state index contributed by atoms with van der Waals surface area (Å²) in [6.07, 6.45) is -3.35. The number of aromatic nitrogens is 2. The summed E-state index contributed by atoms with van der Waals surface area (Å²) < 4.78 is 48.7. The number of rotatable bonds is 7. The monoisotopic (exact) mass is 448 g/mol. The molecule has 0 unspecified atom stereocenters. The number of carbonyl (C=O) groups is 2. The number of hydrogen-bond donors (Lipinski definition) is 0. The average Bonchev–Trinajstić information content (AvgIpc) is 3.01. The van der Waals surface area contributed by atoms with Crippen molar-refractivity contribution in [2.75, 3.05) is 6.61 Å². The molecule has 3 rings (SSSR count).